The lowest BCUT2D eigenvalue weighted by atomic mass is 9.91. The number of aromatic nitrogens is 2. The van der Waals surface area contributed by atoms with Crippen LogP contribution in [-0.2, 0) is 11.3 Å². The number of amides is 1. The molecule has 1 saturated carbocycles. The van der Waals surface area contributed by atoms with E-state index in [4.69, 9.17) is 0 Å². The zero-order chi connectivity index (χ0) is 15.0. The Morgan fingerprint density at radius 3 is 2.86 bits per heavy atom. The van der Waals surface area contributed by atoms with Crippen LogP contribution in [-0.4, -0.2) is 27.6 Å². The summed E-state index contributed by atoms with van der Waals surface area (Å²) in [5, 5.41) is 7.23. The SMILES string of the molecule is CC(C)c1nnsc1CNC(=O)C1C(C)NNC1C1CC1. The Hall–Kier alpha value is -1.05. The zero-order valence-electron chi connectivity index (χ0n) is 12.7. The Morgan fingerprint density at radius 1 is 1.43 bits per heavy atom. The Bertz CT molecular complexity index is 513. The molecule has 1 amide bonds. The molecule has 2 fully saturated rings. The second kappa shape index (κ2) is 5.98. The first kappa shape index (κ1) is 14.9. The van der Waals surface area contributed by atoms with Crippen molar-refractivity contribution in [3.63, 3.8) is 0 Å². The number of carbonyl (C=O) groups is 1. The van der Waals surface area contributed by atoms with E-state index in [1.54, 1.807) is 0 Å². The predicted octanol–water partition coefficient (Wildman–Crippen LogP) is 1.17. The smallest absolute Gasteiger partial charge is 0.226 e. The van der Waals surface area contributed by atoms with Crippen LogP contribution in [0, 0.1) is 11.8 Å². The molecule has 21 heavy (non-hydrogen) atoms. The fourth-order valence-corrected chi connectivity index (χ4v) is 3.77. The monoisotopic (exact) mass is 309 g/mol. The van der Waals surface area contributed by atoms with Crippen molar-refractivity contribution in [1.82, 2.24) is 25.8 Å². The molecule has 1 aliphatic heterocycles. The van der Waals surface area contributed by atoms with Gasteiger partial charge in [0.15, 0.2) is 0 Å². The van der Waals surface area contributed by atoms with Gasteiger partial charge < -0.3 is 5.32 Å². The van der Waals surface area contributed by atoms with E-state index in [1.165, 1.54) is 24.4 Å². The number of hydrogen-bond acceptors (Lipinski definition) is 6. The number of hydrogen-bond donors (Lipinski definition) is 3. The molecule has 2 aliphatic rings. The summed E-state index contributed by atoms with van der Waals surface area (Å²) in [7, 11) is 0. The number of nitrogens with one attached hydrogen (secondary N) is 3. The summed E-state index contributed by atoms with van der Waals surface area (Å²) in [5.41, 5.74) is 7.50. The molecule has 0 spiro atoms. The van der Waals surface area contributed by atoms with Crippen molar-refractivity contribution < 1.29 is 4.79 Å². The van der Waals surface area contributed by atoms with Crippen molar-refractivity contribution >= 4 is 17.4 Å². The third-order valence-corrected chi connectivity index (χ3v) is 5.13. The van der Waals surface area contributed by atoms with E-state index in [-0.39, 0.29) is 23.9 Å². The molecule has 3 atom stereocenters. The summed E-state index contributed by atoms with van der Waals surface area (Å²) < 4.78 is 4.00. The van der Waals surface area contributed by atoms with E-state index < -0.39 is 0 Å². The third-order valence-electron chi connectivity index (χ3n) is 4.39. The van der Waals surface area contributed by atoms with Gasteiger partial charge in [0.1, 0.15) is 0 Å². The van der Waals surface area contributed by atoms with Gasteiger partial charge in [-0.25, -0.2) is 0 Å². The van der Waals surface area contributed by atoms with Crippen LogP contribution < -0.4 is 16.2 Å². The maximum absolute atomic E-state index is 12.5. The standard InChI is InChI=1S/C14H23N5OS/c1-7(2)12-10(21-19-18-12)6-15-14(20)11-8(3)16-17-13(11)9-4-5-9/h7-9,11,13,16-17H,4-6H2,1-3H3,(H,15,20). The quantitative estimate of drug-likeness (QED) is 0.761. The van der Waals surface area contributed by atoms with Gasteiger partial charge in [0.25, 0.3) is 0 Å². The molecule has 1 aromatic rings. The van der Waals surface area contributed by atoms with Crippen LogP contribution in [0.1, 0.15) is 50.1 Å². The zero-order valence-corrected chi connectivity index (χ0v) is 13.5. The minimum Gasteiger partial charge on any atom is -0.351 e. The fraction of sp³-hybridized carbons (Fsp3) is 0.786. The maximum atomic E-state index is 12.5. The van der Waals surface area contributed by atoms with Crippen LogP contribution in [0.4, 0.5) is 0 Å². The minimum absolute atomic E-state index is 0.000815. The lowest BCUT2D eigenvalue weighted by Crippen LogP contribution is -2.41. The summed E-state index contributed by atoms with van der Waals surface area (Å²) >= 11 is 1.38. The van der Waals surface area contributed by atoms with Gasteiger partial charge in [0, 0.05) is 12.1 Å². The third kappa shape index (κ3) is 3.09. The summed E-state index contributed by atoms with van der Waals surface area (Å²) in [5.74, 6) is 1.11. The molecule has 3 unspecified atom stereocenters. The van der Waals surface area contributed by atoms with Crippen molar-refractivity contribution in [2.45, 2.75) is 58.2 Å². The summed E-state index contributed by atoms with van der Waals surface area (Å²) in [6, 6.07) is 0.434. The summed E-state index contributed by atoms with van der Waals surface area (Å²) in [6.07, 6.45) is 2.46. The van der Waals surface area contributed by atoms with Crippen molar-refractivity contribution in [1.29, 1.82) is 0 Å². The second-order valence-electron chi connectivity index (χ2n) is 6.42. The van der Waals surface area contributed by atoms with E-state index in [2.05, 4.69) is 46.5 Å². The van der Waals surface area contributed by atoms with Gasteiger partial charge in [-0.15, -0.1) is 5.10 Å². The van der Waals surface area contributed by atoms with Crippen molar-refractivity contribution in [2.24, 2.45) is 11.8 Å². The van der Waals surface area contributed by atoms with Gasteiger partial charge in [-0.05, 0) is 43.1 Å². The van der Waals surface area contributed by atoms with Gasteiger partial charge in [-0.1, -0.05) is 18.3 Å². The molecular formula is C14H23N5OS. The molecule has 7 heteroatoms. The van der Waals surface area contributed by atoms with Crippen LogP contribution >= 0.6 is 11.5 Å². The lowest BCUT2D eigenvalue weighted by Gasteiger charge is -2.20. The molecular weight excluding hydrogens is 286 g/mol. The Balaban J connectivity index is 1.61. The van der Waals surface area contributed by atoms with Crippen molar-refractivity contribution in [3.8, 4) is 0 Å². The topological polar surface area (TPSA) is 78.9 Å². The molecule has 1 saturated heterocycles. The van der Waals surface area contributed by atoms with Crippen molar-refractivity contribution in [3.05, 3.63) is 10.6 Å². The number of rotatable bonds is 5. The van der Waals surface area contributed by atoms with Crippen LogP contribution in [0.3, 0.4) is 0 Å². The highest BCUT2D eigenvalue weighted by molar-refractivity contribution is 7.05. The van der Waals surface area contributed by atoms with E-state index in [9.17, 15) is 4.79 Å². The number of hydrazine groups is 1. The lowest BCUT2D eigenvalue weighted by molar-refractivity contribution is -0.125. The van der Waals surface area contributed by atoms with Crippen LogP contribution in [0.15, 0.2) is 0 Å². The minimum atomic E-state index is 0.000815. The maximum Gasteiger partial charge on any atom is 0.226 e. The van der Waals surface area contributed by atoms with Gasteiger partial charge in [0.2, 0.25) is 5.91 Å². The average molecular weight is 309 g/mol. The van der Waals surface area contributed by atoms with Gasteiger partial charge in [-0.3, -0.25) is 15.6 Å². The summed E-state index contributed by atoms with van der Waals surface area (Å²) in [4.78, 5) is 13.6. The normalized spacial score (nSPS) is 29.0. The van der Waals surface area contributed by atoms with Gasteiger partial charge in [0.05, 0.1) is 23.0 Å². The highest BCUT2D eigenvalue weighted by Crippen LogP contribution is 2.38. The van der Waals surface area contributed by atoms with E-state index >= 15 is 0 Å². The Kier molecular flexibility index (Phi) is 4.24. The first-order valence-electron chi connectivity index (χ1n) is 7.67. The molecule has 6 nitrogen and oxygen atoms in total. The summed E-state index contributed by atoms with van der Waals surface area (Å²) in [6.45, 7) is 6.79. The molecule has 0 radical (unpaired) electrons. The molecule has 2 heterocycles. The molecule has 1 aromatic heterocycles. The molecule has 3 rings (SSSR count). The number of carbonyl (C=O) groups excluding carboxylic acids is 1. The van der Waals surface area contributed by atoms with E-state index in [1.807, 2.05) is 0 Å². The predicted molar refractivity (Wildman–Crippen MR) is 81.6 cm³/mol. The molecule has 0 bridgehead atoms. The fourth-order valence-electron chi connectivity index (χ4n) is 3.04. The Labute approximate surface area is 129 Å². The first-order chi connectivity index (χ1) is 10.1. The highest BCUT2D eigenvalue weighted by Gasteiger charge is 2.46. The van der Waals surface area contributed by atoms with Crippen LogP contribution in [0.2, 0.25) is 0 Å². The van der Waals surface area contributed by atoms with Crippen LogP contribution in [0.5, 0.6) is 0 Å². The van der Waals surface area contributed by atoms with E-state index in [0.717, 1.165) is 10.6 Å². The highest BCUT2D eigenvalue weighted by atomic mass is 32.1. The second-order valence-corrected chi connectivity index (χ2v) is 7.26. The van der Waals surface area contributed by atoms with Crippen molar-refractivity contribution in [2.75, 3.05) is 0 Å². The van der Waals surface area contributed by atoms with Gasteiger partial charge >= 0.3 is 0 Å². The van der Waals surface area contributed by atoms with Crippen LogP contribution in [0.25, 0.3) is 0 Å². The molecule has 0 aromatic carbocycles. The Morgan fingerprint density at radius 2 is 2.19 bits per heavy atom. The molecule has 116 valence electrons. The first-order valence-corrected chi connectivity index (χ1v) is 8.45. The van der Waals surface area contributed by atoms with Gasteiger partial charge in [-0.2, -0.15) is 0 Å². The average Bonchev–Trinajstić information content (AvgIpc) is 3.04. The molecule has 1 aliphatic carbocycles. The molecule has 3 N–H and O–H groups in total. The largest absolute Gasteiger partial charge is 0.351 e. The number of nitrogens with zero attached hydrogens (tertiary/aromatic N) is 2. The van der Waals surface area contributed by atoms with E-state index in [0.29, 0.717) is 18.4 Å².